The largest absolute Gasteiger partial charge is 0.508 e. The molecule has 0 saturated carbocycles. The second-order valence-electron chi connectivity index (χ2n) is 5.22. The third kappa shape index (κ3) is 5.39. The predicted octanol–water partition coefficient (Wildman–Crippen LogP) is 2.67. The van der Waals surface area contributed by atoms with Crippen molar-refractivity contribution in [3.05, 3.63) is 59.7 Å². The summed E-state index contributed by atoms with van der Waals surface area (Å²) in [5, 5.41) is 30.8. The van der Waals surface area contributed by atoms with Crippen molar-refractivity contribution in [1.82, 2.24) is 0 Å². The Morgan fingerprint density at radius 3 is 1.91 bits per heavy atom. The van der Waals surface area contributed by atoms with Crippen molar-refractivity contribution in [1.29, 1.82) is 0 Å². The van der Waals surface area contributed by atoms with Crippen LogP contribution in [0.4, 0.5) is 10.1 Å². The summed E-state index contributed by atoms with van der Waals surface area (Å²) >= 11 is 0. The maximum absolute atomic E-state index is 12.2. The van der Waals surface area contributed by atoms with Gasteiger partial charge >= 0.3 is 0 Å². The molecule has 5 heteroatoms. The maximum Gasteiger partial charge on any atom is 0.118 e. The number of aliphatic hydroxyl groups excluding tert-OH is 2. The van der Waals surface area contributed by atoms with Gasteiger partial charge in [-0.25, -0.2) is 4.39 Å². The van der Waals surface area contributed by atoms with Gasteiger partial charge in [-0.3, -0.25) is 0 Å². The van der Waals surface area contributed by atoms with Crippen LogP contribution in [0.3, 0.4) is 0 Å². The molecule has 0 aromatic heterocycles. The Kier molecular flexibility index (Phi) is 6.14. The van der Waals surface area contributed by atoms with Crippen LogP contribution in [0.2, 0.25) is 0 Å². The van der Waals surface area contributed by atoms with E-state index in [0.29, 0.717) is 0 Å². The third-order valence-corrected chi connectivity index (χ3v) is 3.39. The van der Waals surface area contributed by atoms with Gasteiger partial charge in [0.25, 0.3) is 0 Å². The lowest BCUT2D eigenvalue weighted by Crippen LogP contribution is -2.34. The quantitative estimate of drug-likeness (QED) is 0.593. The van der Waals surface area contributed by atoms with E-state index in [9.17, 15) is 14.6 Å². The first-order chi connectivity index (χ1) is 11.1. The fraction of sp³-hybridized carbons (Fsp3) is 0.222. The van der Waals surface area contributed by atoms with Crippen LogP contribution in [0, 0.1) is 0 Å². The normalized spacial score (nSPS) is 13.9. The molecule has 0 aliphatic carbocycles. The molecule has 0 aliphatic rings. The highest BCUT2D eigenvalue weighted by molar-refractivity contribution is 5.70. The first-order valence-electron chi connectivity index (χ1n) is 7.31. The number of phenolic OH excluding ortho intramolecular Hbond substituents is 1. The van der Waals surface area contributed by atoms with Crippen LogP contribution in [-0.2, 0) is 0 Å². The second-order valence-corrected chi connectivity index (χ2v) is 5.22. The van der Waals surface area contributed by atoms with E-state index in [4.69, 9.17) is 5.11 Å². The standard InChI is InChI=1S/C18H20FNO3/c19-11-17(22)18(23)12-20-15-7-3-13(4-8-15)1-2-14-5-9-16(21)10-6-14/h1-10,17-18,20-23H,11-12H2. The van der Waals surface area contributed by atoms with Crippen molar-refractivity contribution >= 4 is 17.8 Å². The summed E-state index contributed by atoms with van der Waals surface area (Å²) < 4.78 is 12.2. The fourth-order valence-corrected chi connectivity index (χ4v) is 1.95. The van der Waals surface area contributed by atoms with E-state index >= 15 is 0 Å². The monoisotopic (exact) mass is 317 g/mol. The lowest BCUT2D eigenvalue weighted by atomic mass is 10.1. The molecule has 0 radical (unpaired) electrons. The highest BCUT2D eigenvalue weighted by Crippen LogP contribution is 2.15. The number of aromatic hydroxyl groups is 1. The minimum atomic E-state index is -1.37. The number of hydrogen-bond donors (Lipinski definition) is 4. The minimum Gasteiger partial charge on any atom is -0.508 e. The Labute approximate surface area is 134 Å². The average molecular weight is 317 g/mol. The number of halogens is 1. The summed E-state index contributed by atoms with van der Waals surface area (Å²) in [4.78, 5) is 0. The summed E-state index contributed by atoms with van der Waals surface area (Å²) in [5.41, 5.74) is 2.75. The zero-order valence-corrected chi connectivity index (χ0v) is 12.6. The summed E-state index contributed by atoms with van der Waals surface area (Å²) in [6, 6.07) is 14.4. The molecule has 2 atom stereocenters. The van der Waals surface area contributed by atoms with E-state index in [-0.39, 0.29) is 12.3 Å². The first kappa shape index (κ1) is 17.0. The lowest BCUT2D eigenvalue weighted by molar-refractivity contribution is 0.0130. The van der Waals surface area contributed by atoms with Gasteiger partial charge in [-0.1, -0.05) is 36.4 Å². The summed E-state index contributed by atoms with van der Waals surface area (Å²) in [6.45, 7) is -0.891. The number of anilines is 1. The molecule has 0 saturated heterocycles. The van der Waals surface area contributed by atoms with Gasteiger partial charge < -0.3 is 20.6 Å². The molecule has 23 heavy (non-hydrogen) atoms. The molecule has 0 aliphatic heterocycles. The smallest absolute Gasteiger partial charge is 0.118 e. The average Bonchev–Trinajstić information content (AvgIpc) is 2.59. The lowest BCUT2D eigenvalue weighted by Gasteiger charge is -2.16. The van der Waals surface area contributed by atoms with Gasteiger partial charge in [0, 0.05) is 12.2 Å². The van der Waals surface area contributed by atoms with Gasteiger partial charge in [-0.15, -0.1) is 0 Å². The number of rotatable bonds is 7. The van der Waals surface area contributed by atoms with Crippen molar-refractivity contribution in [3.8, 4) is 5.75 Å². The highest BCUT2D eigenvalue weighted by atomic mass is 19.1. The summed E-state index contributed by atoms with van der Waals surface area (Å²) in [7, 11) is 0. The minimum absolute atomic E-state index is 0.0772. The molecule has 0 heterocycles. The molecule has 0 fully saturated rings. The Balaban J connectivity index is 1.90. The molecular weight excluding hydrogens is 297 g/mol. The van der Waals surface area contributed by atoms with Gasteiger partial charge in [0.1, 0.15) is 18.5 Å². The van der Waals surface area contributed by atoms with Crippen LogP contribution in [0.15, 0.2) is 48.5 Å². The van der Waals surface area contributed by atoms with Crippen molar-refractivity contribution < 1.29 is 19.7 Å². The van der Waals surface area contributed by atoms with Crippen molar-refractivity contribution in [2.45, 2.75) is 12.2 Å². The van der Waals surface area contributed by atoms with Crippen molar-refractivity contribution in [2.24, 2.45) is 0 Å². The zero-order valence-electron chi connectivity index (χ0n) is 12.6. The van der Waals surface area contributed by atoms with E-state index < -0.39 is 18.9 Å². The molecule has 4 nitrogen and oxygen atoms in total. The molecule has 2 aromatic rings. The van der Waals surface area contributed by atoms with E-state index in [1.165, 1.54) is 0 Å². The van der Waals surface area contributed by atoms with E-state index in [2.05, 4.69) is 5.32 Å². The van der Waals surface area contributed by atoms with Crippen LogP contribution in [-0.4, -0.2) is 40.7 Å². The van der Waals surface area contributed by atoms with Gasteiger partial charge in [-0.2, -0.15) is 0 Å². The van der Waals surface area contributed by atoms with Crippen LogP contribution >= 0.6 is 0 Å². The van der Waals surface area contributed by atoms with E-state index in [0.717, 1.165) is 16.8 Å². The number of alkyl halides is 1. The Bertz CT molecular complexity index is 626. The van der Waals surface area contributed by atoms with Crippen LogP contribution in [0.5, 0.6) is 5.75 Å². The molecule has 2 unspecified atom stereocenters. The number of aliphatic hydroxyl groups is 2. The van der Waals surface area contributed by atoms with Gasteiger partial charge in [0.05, 0.1) is 6.10 Å². The third-order valence-electron chi connectivity index (χ3n) is 3.39. The molecular formula is C18H20FNO3. The Hall–Kier alpha value is -2.37. The molecule has 0 bridgehead atoms. The van der Waals surface area contributed by atoms with E-state index in [1.54, 1.807) is 12.1 Å². The van der Waals surface area contributed by atoms with Crippen LogP contribution < -0.4 is 5.32 Å². The van der Waals surface area contributed by atoms with E-state index in [1.807, 2.05) is 48.6 Å². The Morgan fingerprint density at radius 1 is 0.870 bits per heavy atom. The Morgan fingerprint density at radius 2 is 1.39 bits per heavy atom. The molecule has 2 rings (SSSR count). The maximum atomic E-state index is 12.2. The SMILES string of the molecule is Oc1ccc(C=Cc2ccc(NCC(O)C(O)CF)cc2)cc1. The highest BCUT2D eigenvalue weighted by Gasteiger charge is 2.15. The number of phenols is 1. The van der Waals surface area contributed by atoms with Gasteiger partial charge in [-0.05, 0) is 35.4 Å². The zero-order chi connectivity index (χ0) is 16.7. The molecule has 122 valence electrons. The number of nitrogens with one attached hydrogen (secondary N) is 1. The van der Waals surface area contributed by atoms with Crippen LogP contribution in [0.25, 0.3) is 12.2 Å². The molecule has 4 N–H and O–H groups in total. The second kappa shape index (κ2) is 8.31. The molecule has 2 aromatic carbocycles. The van der Waals surface area contributed by atoms with Gasteiger partial charge in [0.15, 0.2) is 0 Å². The van der Waals surface area contributed by atoms with Crippen molar-refractivity contribution in [3.63, 3.8) is 0 Å². The van der Waals surface area contributed by atoms with Crippen molar-refractivity contribution in [2.75, 3.05) is 18.5 Å². The molecule has 0 spiro atoms. The number of benzene rings is 2. The van der Waals surface area contributed by atoms with Crippen LogP contribution in [0.1, 0.15) is 11.1 Å². The summed E-state index contributed by atoms with van der Waals surface area (Å²) in [6.07, 6.45) is 1.37. The topological polar surface area (TPSA) is 72.7 Å². The first-order valence-corrected chi connectivity index (χ1v) is 7.31. The number of hydrogen-bond acceptors (Lipinski definition) is 4. The summed E-state index contributed by atoms with van der Waals surface area (Å²) in [5.74, 6) is 0.234. The molecule has 0 amide bonds. The fourth-order valence-electron chi connectivity index (χ4n) is 1.95. The predicted molar refractivity (Wildman–Crippen MR) is 90.0 cm³/mol. The van der Waals surface area contributed by atoms with Gasteiger partial charge in [0.2, 0.25) is 0 Å².